The van der Waals surface area contributed by atoms with Gasteiger partial charge >= 0.3 is 5.97 Å². The maximum atomic E-state index is 12.7. The van der Waals surface area contributed by atoms with Crippen molar-refractivity contribution in [3.63, 3.8) is 0 Å². The van der Waals surface area contributed by atoms with Crippen molar-refractivity contribution in [1.82, 2.24) is 0 Å². The monoisotopic (exact) mass is 408 g/mol. The lowest BCUT2D eigenvalue weighted by Gasteiger charge is -2.41. The molecule has 2 bridgehead atoms. The molecule has 2 saturated heterocycles. The molecular formula is C16H25IO4. The first-order valence-electron chi connectivity index (χ1n) is 7.67. The van der Waals surface area contributed by atoms with E-state index in [0.717, 1.165) is 12.8 Å². The number of alkyl halides is 1. The van der Waals surface area contributed by atoms with Gasteiger partial charge in [-0.1, -0.05) is 13.8 Å². The van der Waals surface area contributed by atoms with Crippen LogP contribution in [0.4, 0.5) is 0 Å². The molecule has 2 fully saturated rings. The van der Waals surface area contributed by atoms with Gasteiger partial charge in [-0.15, -0.1) is 0 Å². The molecule has 21 heavy (non-hydrogen) atoms. The van der Waals surface area contributed by atoms with Crippen LogP contribution in [0.15, 0.2) is 0 Å². The Bertz CT molecular complexity index is 442. The molecule has 0 unspecified atom stereocenters. The summed E-state index contributed by atoms with van der Waals surface area (Å²) in [6.45, 7) is 9.49. The predicted octanol–water partition coefficient (Wildman–Crippen LogP) is 3.50. The molecule has 5 atom stereocenters. The third-order valence-electron chi connectivity index (χ3n) is 4.49. The van der Waals surface area contributed by atoms with E-state index in [2.05, 4.69) is 29.5 Å². The number of carbonyl (C=O) groups is 2. The van der Waals surface area contributed by atoms with Crippen LogP contribution in [0.2, 0.25) is 0 Å². The summed E-state index contributed by atoms with van der Waals surface area (Å²) in [6, 6.07) is 0. The van der Waals surface area contributed by atoms with Crippen LogP contribution in [0.1, 0.15) is 53.9 Å². The second-order valence-electron chi connectivity index (χ2n) is 7.40. The van der Waals surface area contributed by atoms with Crippen LogP contribution in [0.5, 0.6) is 0 Å². The van der Waals surface area contributed by atoms with Crippen LogP contribution < -0.4 is 0 Å². The first-order chi connectivity index (χ1) is 9.53. The van der Waals surface area contributed by atoms with E-state index in [0.29, 0.717) is 12.3 Å². The SMILES string of the molecule is C[C@H]1C(=O)[C@@H](C(=O)OC(C)(C)C)C[C@]2(I)O[C@H]1CC[C@@H]2C. The van der Waals surface area contributed by atoms with Crippen molar-refractivity contribution in [2.45, 2.75) is 69.2 Å². The molecule has 0 saturated carbocycles. The number of esters is 1. The van der Waals surface area contributed by atoms with Crippen LogP contribution in [-0.4, -0.2) is 27.1 Å². The quantitative estimate of drug-likeness (QED) is 0.289. The van der Waals surface area contributed by atoms with Crippen molar-refractivity contribution in [3.8, 4) is 0 Å². The van der Waals surface area contributed by atoms with Gasteiger partial charge in [0.25, 0.3) is 0 Å². The molecule has 5 heteroatoms. The standard InChI is InChI=1S/C16H25IO4/c1-9-6-7-12-10(2)13(18)11(8-16(9,17)20-12)14(19)21-15(3,4)5/h9-12H,6-8H2,1-5H3/t9-,10+,11-,12-,16-/m0/s1. The largest absolute Gasteiger partial charge is 0.459 e. The Morgan fingerprint density at radius 3 is 2.52 bits per heavy atom. The molecule has 0 amide bonds. The molecule has 0 aromatic rings. The van der Waals surface area contributed by atoms with E-state index in [4.69, 9.17) is 9.47 Å². The van der Waals surface area contributed by atoms with Crippen LogP contribution >= 0.6 is 22.6 Å². The highest BCUT2D eigenvalue weighted by atomic mass is 127. The van der Waals surface area contributed by atoms with Crippen LogP contribution in [0.25, 0.3) is 0 Å². The Labute approximate surface area is 140 Å². The molecule has 4 nitrogen and oxygen atoms in total. The summed E-state index contributed by atoms with van der Waals surface area (Å²) in [5.41, 5.74) is -0.576. The zero-order chi connectivity index (χ0) is 16.0. The second kappa shape index (κ2) is 5.80. The number of hydrogen-bond donors (Lipinski definition) is 0. The van der Waals surface area contributed by atoms with Crippen molar-refractivity contribution in [2.75, 3.05) is 0 Å². The van der Waals surface area contributed by atoms with Crippen LogP contribution in [0.3, 0.4) is 0 Å². The number of rotatable bonds is 1. The smallest absolute Gasteiger partial charge is 0.317 e. The molecule has 2 heterocycles. The zero-order valence-corrected chi connectivity index (χ0v) is 15.6. The highest BCUT2D eigenvalue weighted by molar-refractivity contribution is 14.1. The van der Waals surface area contributed by atoms with Gasteiger partial charge in [-0.3, -0.25) is 9.59 Å². The molecule has 120 valence electrons. The number of fused-ring (bicyclic) bond motifs is 2. The Kier molecular flexibility index (Phi) is 4.74. The fourth-order valence-corrected chi connectivity index (χ4v) is 4.19. The van der Waals surface area contributed by atoms with Gasteiger partial charge in [0.15, 0.2) is 5.78 Å². The predicted molar refractivity (Wildman–Crippen MR) is 88.1 cm³/mol. The summed E-state index contributed by atoms with van der Waals surface area (Å²) in [6.07, 6.45) is 2.27. The molecule has 2 rings (SSSR count). The highest BCUT2D eigenvalue weighted by Gasteiger charge is 2.52. The minimum absolute atomic E-state index is 0.0260. The molecule has 0 aliphatic carbocycles. The normalized spacial score (nSPS) is 40.6. The number of carbonyl (C=O) groups excluding carboxylic acids is 2. The van der Waals surface area contributed by atoms with E-state index in [-0.39, 0.29) is 17.8 Å². The number of ether oxygens (including phenoxy) is 2. The molecule has 0 radical (unpaired) electrons. The van der Waals surface area contributed by atoms with Crippen molar-refractivity contribution in [2.24, 2.45) is 17.8 Å². The third-order valence-corrected chi connectivity index (χ3v) is 6.25. The molecule has 0 N–H and O–H groups in total. The van der Waals surface area contributed by atoms with E-state index in [1.807, 2.05) is 27.7 Å². The van der Waals surface area contributed by atoms with E-state index >= 15 is 0 Å². The van der Waals surface area contributed by atoms with Gasteiger partial charge in [0.2, 0.25) is 0 Å². The van der Waals surface area contributed by atoms with E-state index in [1.54, 1.807) is 0 Å². The van der Waals surface area contributed by atoms with Gasteiger partial charge in [-0.25, -0.2) is 0 Å². The molecular weight excluding hydrogens is 383 g/mol. The number of halogens is 1. The van der Waals surface area contributed by atoms with Gasteiger partial charge in [0, 0.05) is 12.3 Å². The maximum Gasteiger partial charge on any atom is 0.317 e. The van der Waals surface area contributed by atoms with Crippen molar-refractivity contribution in [3.05, 3.63) is 0 Å². The molecule has 2 aliphatic heterocycles. The Morgan fingerprint density at radius 2 is 1.95 bits per heavy atom. The number of ketones is 1. The van der Waals surface area contributed by atoms with Crippen LogP contribution in [-0.2, 0) is 19.1 Å². The van der Waals surface area contributed by atoms with Gasteiger partial charge in [-0.2, -0.15) is 0 Å². The lowest BCUT2D eigenvalue weighted by Crippen LogP contribution is -2.42. The van der Waals surface area contributed by atoms with Gasteiger partial charge in [0.1, 0.15) is 15.1 Å². The first kappa shape index (κ1) is 17.2. The summed E-state index contributed by atoms with van der Waals surface area (Å²) in [4.78, 5) is 25.1. The zero-order valence-electron chi connectivity index (χ0n) is 13.4. The Hall–Kier alpha value is -0.170. The first-order valence-corrected chi connectivity index (χ1v) is 8.75. The minimum Gasteiger partial charge on any atom is -0.459 e. The lowest BCUT2D eigenvalue weighted by atomic mass is 9.88. The summed E-state index contributed by atoms with van der Waals surface area (Å²) in [5, 5.41) is 0. The number of hydrogen-bond acceptors (Lipinski definition) is 4. The molecule has 0 aromatic carbocycles. The minimum atomic E-state index is -0.707. The number of Topliss-reactive ketones (excluding diaryl/α,β-unsaturated/α-hetero) is 1. The average molecular weight is 408 g/mol. The van der Waals surface area contributed by atoms with Crippen molar-refractivity contribution >= 4 is 34.3 Å². The van der Waals surface area contributed by atoms with E-state index < -0.39 is 21.1 Å². The van der Waals surface area contributed by atoms with Gasteiger partial charge < -0.3 is 9.47 Å². The summed E-state index contributed by atoms with van der Waals surface area (Å²) in [5.74, 6) is -1.05. The van der Waals surface area contributed by atoms with Gasteiger partial charge in [-0.05, 0) is 62.1 Å². The van der Waals surface area contributed by atoms with Gasteiger partial charge in [0.05, 0.1) is 6.10 Å². The fourth-order valence-electron chi connectivity index (χ4n) is 3.11. The molecule has 2 aliphatic rings. The lowest BCUT2D eigenvalue weighted by molar-refractivity contribution is -0.163. The average Bonchev–Trinajstić information content (AvgIpc) is 2.42. The second-order valence-corrected chi connectivity index (χ2v) is 9.23. The summed E-state index contributed by atoms with van der Waals surface area (Å²) in [7, 11) is 0. The van der Waals surface area contributed by atoms with Crippen molar-refractivity contribution < 1.29 is 19.1 Å². The Balaban J connectivity index is 2.28. The molecule has 0 aromatic heterocycles. The Morgan fingerprint density at radius 1 is 1.33 bits per heavy atom. The summed E-state index contributed by atoms with van der Waals surface area (Å²) >= 11 is 2.29. The highest BCUT2D eigenvalue weighted by Crippen LogP contribution is 2.48. The maximum absolute atomic E-state index is 12.7. The fraction of sp³-hybridized carbons (Fsp3) is 0.875. The van der Waals surface area contributed by atoms with E-state index in [1.165, 1.54) is 0 Å². The third kappa shape index (κ3) is 3.60. The van der Waals surface area contributed by atoms with Crippen molar-refractivity contribution in [1.29, 1.82) is 0 Å². The summed E-state index contributed by atoms with van der Waals surface area (Å²) < 4.78 is 11.2. The van der Waals surface area contributed by atoms with Crippen LogP contribution in [0, 0.1) is 17.8 Å². The van der Waals surface area contributed by atoms with E-state index in [9.17, 15) is 9.59 Å². The topological polar surface area (TPSA) is 52.6 Å². The molecule has 0 spiro atoms.